The number of rotatable bonds is 8. The molecule has 4 aromatic rings. The molecule has 0 fully saturated rings. The van der Waals surface area contributed by atoms with E-state index >= 15 is 0 Å². The number of carboxylic acid groups (broad SMARTS) is 1. The second-order valence-electron chi connectivity index (χ2n) is 7.70. The zero-order valence-electron chi connectivity index (χ0n) is 18.3. The predicted molar refractivity (Wildman–Crippen MR) is 119 cm³/mol. The number of pyridine rings is 1. The fourth-order valence-electron chi connectivity index (χ4n) is 3.89. The molecule has 0 aliphatic carbocycles. The molecule has 0 radical (unpaired) electrons. The number of hydrogen-bond acceptors (Lipinski definition) is 4. The summed E-state index contributed by atoms with van der Waals surface area (Å²) in [7, 11) is 1.69. The van der Waals surface area contributed by atoms with E-state index in [0.717, 1.165) is 35.4 Å². The van der Waals surface area contributed by atoms with Crippen molar-refractivity contribution in [3.05, 3.63) is 71.2 Å². The van der Waals surface area contributed by atoms with Crippen LogP contribution < -0.4 is 4.74 Å². The summed E-state index contributed by atoms with van der Waals surface area (Å²) < 4.78 is 24.2. The molecule has 7 nitrogen and oxygen atoms in total. The molecule has 166 valence electrons. The van der Waals surface area contributed by atoms with Gasteiger partial charge in [0.1, 0.15) is 5.65 Å². The molecule has 32 heavy (non-hydrogen) atoms. The van der Waals surface area contributed by atoms with Gasteiger partial charge in [-0.2, -0.15) is 5.10 Å². The number of aryl methyl sites for hydroxylation is 2. The normalized spacial score (nSPS) is 11.2. The van der Waals surface area contributed by atoms with Gasteiger partial charge in [0.2, 0.25) is 0 Å². The van der Waals surface area contributed by atoms with E-state index in [4.69, 9.17) is 4.74 Å². The van der Waals surface area contributed by atoms with E-state index in [-0.39, 0.29) is 18.1 Å². The highest BCUT2D eigenvalue weighted by Crippen LogP contribution is 2.33. The molecule has 1 aromatic carbocycles. The van der Waals surface area contributed by atoms with Crippen molar-refractivity contribution in [2.75, 3.05) is 6.61 Å². The number of carbonyl (C=O) groups is 1. The number of para-hydroxylation sites is 1. The highest BCUT2D eigenvalue weighted by Gasteiger charge is 2.19. The van der Waals surface area contributed by atoms with Crippen molar-refractivity contribution in [1.82, 2.24) is 19.2 Å². The lowest BCUT2D eigenvalue weighted by atomic mass is 10.1. The van der Waals surface area contributed by atoms with Crippen molar-refractivity contribution >= 4 is 11.6 Å². The molecule has 0 saturated carbocycles. The third-order valence-electron chi connectivity index (χ3n) is 5.63. The Morgan fingerprint density at radius 2 is 2.03 bits per heavy atom. The van der Waals surface area contributed by atoms with E-state index in [1.165, 1.54) is 10.7 Å². The summed E-state index contributed by atoms with van der Waals surface area (Å²) in [5.41, 5.74) is 4.70. The Hall–Kier alpha value is -3.68. The van der Waals surface area contributed by atoms with Crippen LogP contribution in [-0.4, -0.2) is 36.8 Å². The number of imidazole rings is 1. The average Bonchev–Trinajstić information content (AvgIpc) is 3.30. The van der Waals surface area contributed by atoms with Crippen LogP contribution in [0.2, 0.25) is 0 Å². The monoisotopic (exact) mass is 436 g/mol. The van der Waals surface area contributed by atoms with Gasteiger partial charge in [-0.1, -0.05) is 25.5 Å². The number of aromatic carboxylic acids is 1. The van der Waals surface area contributed by atoms with Crippen LogP contribution in [0, 0.1) is 12.7 Å². The Morgan fingerprint density at radius 1 is 1.22 bits per heavy atom. The van der Waals surface area contributed by atoms with E-state index in [0.29, 0.717) is 17.5 Å². The van der Waals surface area contributed by atoms with Crippen molar-refractivity contribution in [1.29, 1.82) is 0 Å². The number of halogens is 1. The SMILES string of the molecule is CCCc1cnc2ccc(-c3cccc(F)c3OCCc3c(C(=O)O)nn(C)c3C)cn12. The lowest BCUT2D eigenvalue weighted by Crippen LogP contribution is -2.08. The fraction of sp³-hybridized carbons (Fsp3) is 0.292. The lowest BCUT2D eigenvalue weighted by molar-refractivity contribution is 0.0688. The fourth-order valence-corrected chi connectivity index (χ4v) is 3.89. The first kappa shape index (κ1) is 21.5. The van der Waals surface area contributed by atoms with Gasteiger partial charge in [0.15, 0.2) is 17.3 Å². The van der Waals surface area contributed by atoms with Crippen LogP contribution in [0.5, 0.6) is 5.75 Å². The summed E-state index contributed by atoms with van der Waals surface area (Å²) in [4.78, 5) is 15.9. The van der Waals surface area contributed by atoms with Crippen LogP contribution in [0.4, 0.5) is 4.39 Å². The minimum atomic E-state index is -1.09. The number of nitrogens with zero attached hydrogens (tertiary/aromatic N) is 4. The smallest absolute Gasteiger partial charge is 0.356 e. The predicted octanol–water partition coefficient (Wildman–Crippen LogP) is 4.45. The van der Waals surface area contributed by atoms with Crippen LogP contribution in [0.15, 0.2) is 42.7 Å². The average molecular weight is 436 g/mol. The van der Waals surface area contributed by atoms with E-state index in [2.05, 4.69) is 17.0 Å². The largest absolute Gasteiger partial charge is 0.490 e. The number of carboxylic acids is 1. The van der Waals surface area contributed by atoms with Gasteiger partial charge in [0, 0.05) is 53.9 Å². The molecule has 1 N–H and O–H groups in total. The molecule has 0 bridgehead atoms. The lowest BCUT2D eigenvalue weighted by Gasteiger charge is -2.13. The van der Waals surface area contributed by atoms with Crippen LogP contribution in [0.1, 0.15) is 40.8 Å². The Morgan fingerprint density at radius 3 is 2.78 bits per heavy atom. The first-order chi connectivity index (χ1) is 15.4. The topological polar surface area (TPSA) is 81.7 Å². The zero-order chi connectivity index (χ0) is 22.8. The summed E-state index contributed by atoms with van der Waals surface area (Å²) in [6.45, 7) is 4.04. The maximum absolute atomic E-state index is 14.8. The zero-order valence-corrected chi connectivity index (χ0v) is 18.3. The van der Waals surface area contributed by atoms with Gasteiger partial charge in [-0.05, 0) is 31.5 Å². The molecule has 0 amide bonds. The minimum absolute atomic E-state index is 0.00336. The molecule has 0 aliphatic rings. The molecule has 0 unspecified atom stereocenters. The number of hydrogen-bond donors (Lipinski definition) is 1. The van der Waals surface area contributed by atoms with Crippen molar-refractivity contribution < 1.29 is 19.0 Å². The van der Waals surface area contributed by atoms with Crippen LogP contribution in [-0.2, 0) is 19.9 Å². The van der Waals surface area contributed by atoms with Crippen molar-refractivity contribution in [3.63, 3.8) is 0 Å². The second-order valence-corrected chi connectivity index (χ2v) is 7.70. The Balaban J connectivity index is 1.63. The summed E-state index contributed by atoms with van der Waals surface area (Å²) in [6, 6.07) is 8.62. The van der Waals surface area contributed by atoms with Gasteiger partial charge < -0.3 is 14.2 Å². The molecular weight excluding hydrogens is 411 g/mol. The molecule has 0 atom stereocenters. The molecule has 0 spiro atoms. The number of fused-ring (bicyclic) bond motifs is 1. The van der Waals surface area contributed by atoms with E-state index in [1.54, 1.807) is 20.0 Å². The van der Waals surface area contributed by atoms with Crippen LogP contribution in [0.3, 0.4) is 0 Å². The van der Waals surface area contributed by atoms with Gasteiger partial charge in [-0.15, -0.1) is 0 Å². The molecule has 3 heterocycles. The summed E-state index contributed by atoms with van der Waals surface area (Å²) in [6.07, 6.45) is 6.01. The summed E-state index contributed by atoms with van der Waals surface area (Å²) in [5.74, 6) is -1.42. The van der Waals surface area contributed by atoms with Crippen molar-refractivity contribution in [2.24, 2.45) is 7.05 Å². The maximum atomic E-state index is 14.8. The Bertz CT molecular complexity index is 1290. The molecule has 8 heteroatoms. The Kier molecular flexibility index (Phi) is 5.94. The third-order valence-corrected chi connectivity index (χ3v) is 5.63. The van der Waals surface area contributed by atoms with Gasteiger partial charge in [-0.3, -0.25) is 4.68 Å². The number of benzene rings is 1. The first-order valence-corrected chi connectivity index (χ1v) is 10.5. The van der Waals surface area contributed by atoms with Crippen molar-refractivity contribution in [2.45, 2.75) is 33.1 Å². The van der Waals surface area contributed by atoms with Gasteiger partial charge >= 0.3 is 5.97 Å². The Labute approximate surface area is 185 Å². The highest BCUT2D eigenvalue weighted by molar-refractivity contribution is 5.87. The van der Waals surface area contributed by atoms with E-state index < -0.39 is 11.8 Å². The van der Waals surface area contributed by atoms with Gasteiger partial charge in [0.05, 0.1) is 6.61 Å². The summed E-state index contributed by atoms with van der Waals surface area (Å²) >= 11 is 0. The molecule has 3 aromatic heterocycles. The minimum Gasteiger partial charge on any atom is -0.490 e. The number of aromatic nitrogens is 4. The molecule has 0 aliphatic heterocycles. The van der Waals surface area contributed by atoms with Crippen LogP contribution in [0.25, 0.3) is 16.8 Å². The first-order valence-electron chi connectivity index (χ1n) is 10.5. The van der Waals surface area contributed by atoms with Gasteiger partial charge in [0.25, 0.3) is 0 Å². The van der Waals surface area contributed by atoms with Crippen molar-refractivity contribution in [3.8, 4) is 16.9 Å². The summed E-state index contributed by atoms with van der Waals surface area (Å²) in [5, 5.41) is 13.4. The third kappa shape index (κ3) is 3.95. The quantitative estimate of drug-likeness (QED) is 0.441. The molecular formula is C24H25FN4O3. The van der Waals surface area contributed by atoms with Crippen LogP contribution >= 0.6 is 0 Å². The number of ether oxygens (including phenoxy) is 1. The van der Waals surface area contributed by atoms with E-state index in [1.807, 2.05) is 35.0 Å². The second kappa shape index (κ2) is 8.82. The van der Waals surface area contributed by atoms with E-state index in [9.17, 15) is 14.3 Å². The molecule has 4 rings (SSSR count). The highest BCUT2D eigenvalue weighted by atomic mass is 19.1. The standard InChI is InChI=1S/C24H25FN4O3/c1-4-6-17-13-26-21-10-9-16(14-29(17)21)19-7-5-8-20(25)23(19)32-12-11-18-15(2)28(3)27-22(18)24(30)31/h5,7-10,13-14H,4,6,11-12H2,1-3H3,(H,30,31). The van der Waals surface area contributed by atoms with Gasteiger partial charge in [-0.25, -0.2) is 14.2 Å². The molecule has 0 saturated heterocycles. The maximum Gasteiger partial charge on any atom is 0.356 e.